The zero-order valence-electron chi connectivity index (χ0n) is 9.43. The van der Waals surface area contributed by atoms with Gasteiger partial charge in [0.15, 0.2) is 0 Å². The summed E-state index contributed by atoms with van der Waals surface area (Å²) >= 11 is 0. The monoisotopic (exact) mass is 246 g/mol. The fraction of sp³-hybridized carbons (Fsp3) is 0.364. The lowest BCUT2D eigenvalue weighted by Crippen LogP contribution is -2.19. The first kappa shape index (κ1) is 13.3. The number of amides is 1. The van der Waals surface area contributed by atoms with Gasteiger partial charge in [0, 0.05) is 5.92 Å². The normalized spacial score (nSPS) is 11.6. The predicted octanol–water partition coefficient (Wildman–Crippen LogP) is 2.88. The molecule has 0 aliphatic heterocycles. The lowest BCUT2D eigenvalue weighted by atomic mass is 10.1. The van der Waals surface area contributed by atoms with E-state index in [0.29, 0.717) is 0 Å². The van der Waals surface area contributed by atoms with E-state index in [-0.39, 0.29) is 23.2 Å². The maximum atomic E-state index is 12.3. The number of halogens is 3. The van der Waals surface area contributed by atoms with Gasteiger partial charge in [0.2, 0.25) is 5.91 Å². The first-order valence-electron chi connectivity index (χ1n) is 4.99. The highest BCUT2D eigenvalue weighted by Crippen LogP contribution is 2.32. The molecule has 0 aliphatic carbocycles. The largest absolute Gasteiger partial charge is 0.416 e. The SMILES string of the molecule is CC(C)C(=O)Nc1ccc(C(F)(F)F)cc1N. The van der Waals surface area contributed by atoms with Crippen molar-refractivity contribution in [1.29, 1.82) is 0 Å². The third-order valence-electron chi connectivity index (χ3n) is 2.16. The second-order valence-corrected chi connectivity index (χ2v) is 3.94. The molecule has 0 heterocycles. The van der Waals surface area contributed by atoms with E-state index in [4.69, 9.17) is 5.73 Å². The molecule has 0 aromatic heterocycles. The first-order valence-corrected chi connectivity index (χ1v) is 4.99. The third-order valence-corrected chi connectivity index (χ3v) is 2.16. The van der Waals surface area contributed by atoms with Crippen molar-refractivity contribution in [2.24, 2.45) is 5.92 Å². The number of nitrogen functional groups attached to an aromatic ring is 1. The minimum atomic E-state index is -4.44. The van der Waals surface area contributed by atoms with E-state index in [1.807, 2.05) is 0 Å². The summed E-state index contributed by atoms with van der Waals surface area (Å²) in [6, 6.07) is 2.83. The highest BCUT2D eigenvalue weighted by molar-refractivity contribution is 5.95. The summed E-state index contributed by atoms with van der Waals surface area (Å²) in [5, 5.41) is 2.46. The summed E-state index contributed by atoms with van der Waals surface area (Å²) < 4.78 is 37.0. The van der Waals surface area contributed by atoms with Gasteiger partial charge in [-0.25, -0.2) is 0 Å². The predicted molar refractivity (Wildman–Crippen MR) is 59.3 cm³/mol. The van der Waals surface area contributed by atoms with Crippen LogP contribution in [-0.4, -0.2) is 5.91 Å². The summed E-state index contributed by atoms with van der Waals surface area (Å²) in [6.07, 6.45) is -4.44. The van der Waals surface area contributed by atoms with Crippen molar-refractivity contribution in [2.75, 3.05) is 11.1 Å². The van der Waals surface area contributed by atoms with Crippen molar-refractivity contribution in [3.8, 4) is 0 Å². The molecule has 6 heteroatoms. The number of carbonyl (C=O) groups is 1. The van der Waals surface area contributed by atoms with E-state index in [1.54, 1.807) is 13.8 Å². The van der Waals surface area contributed by atoms with Crippen molar-refractivity contribution < 1.29 is 18.0 Å². The minimum Gasteiger partial charge on any atom is -0.397 e. The summed E-state index contributed by atoms with van der Waals surface area (Å²) in [6.45, 7) is 3.35. The molecule has 0 saturated carbocycles. The van der Waals surface area contributed by atoms with Crippen LogP contribution in [0.4, 0.5) is 24.5 Å². The number of carbonyl (C=O) groups excluding carboxylic acids is 1. The Labute approximate surface area is 96.8 Å². The van der Waals surface area contributed by atoms with Crippen molar-refractivity contribution >= 4 is 17.3 Å². The second kappa shape index (κ2) is 4.65. The molecule has 17 heavy (non-hydrogen) atoms. The Hall–Kier alpha value is -1.72. The molecule has 1 rings (SSSR count). The second-order valence-electron chi connectivity index (χ2n) is 3.94. The molecule has 3 nitrogen and oxygen atoms in total. The first-order chi connectivity index (χ1) is 7.71. The van der Waals surface area contributed by atoms with Gasteiger partial charge in [-0.05, 0) is 18.2 Å². The lowest BCUT2D eigenvalue weighted by molar-refractivity contribution is -0.137. The number of nitrogens with two attached hydrogens (primary N) is 1. The van der Waals surface area contributed by atoms with Crippen molar-refractivity contribution in [1.82, 2.24) is 0 Å². The Morgan fingerprint density at radius 1 is 1.35 bits per heavy atom. The molecule has 1 amide bonds. The van der Waals surface area contributed by atoms with Crippen LogP contribution in [0, 0.1) is 5.92 Å². The molecule has 0 bridgehead atoms. The third kappa shape index (κ3) is 3.37. The van der Waals surface area contributed by atoms with Gasteiger partial charge < -0.3 is 11.1 Å². The van der Waals surface area contributed by atoms with Crippen molar-refractivity contribution in [3.63, 3.8) is 0 Å². The van der Waals surface area contributed by atoms with E-state index in [1.165, 1.54) is 0 Å². The maximum Gasteiger partial charge on any atom is 0.416 e. The molecular formula is C11H13F3N2O. The molecule has 1 aromatic rings. The molecule has 0 spiro atoms. The molecule has 0 unspecified atom stereocenters. The average Bonchev–Trinajstić information content (AvgIpc) is 2.19. The standard InChI is InChI=1S/C11H13F3N2O/c1-6(2)10(17)16-9-4-3-7(5-8(9)15)11(12,13)14/h3-6H,15H2,1-2H3,(H,16,17). The smallest absolute Gasteiger partial charge is 0.397 e. The van der Waals surface area contributed by atoms with Gasteiger partial charge in [0.05, 0.1) is 16.9 Å². The number of hydrogen-bond acceptors (Lipinski definition) is 2. The number of alkyl halides is 3. The van der Waals surface area contributed by atoms with Crippen molar-refractivity contribution in [2.45, 2.75) is 20.0 Å². The van der Waals surface area contributed by atoms with Crippen LogP contribution in [0.2, 0.25) is 0 Å². The van der Waals surface area contributed by atoms with Crippen LogP contribution in [0.15, 0.2) is 18.2 Å². The van der Waals surface area contributed by atoms with E-state index in [2.05, 4.69) is 5.32 Å². The van der Waals surface area contributed by atoms with Crippen LogP contribution < -0.4 is 11.1 Å². The fourth-order valence-electron chi connectivity index (χ4n) is 1.13. The molecule has 0 radical (unpaired) electrons. The minimum absolute atomic E-state index is 0.103. The van der Waals surface area contributed by atoms with E-state index in [9.17, 15) is 18.0 Å². The van der Waals surface area contributed by atoms with Gasteiger partial charge in [-0.3, -0.25) is 4.79 Å². The Morgan fingerprint density at radius 2 is 1.94 bits per heavy atom. The molecule has 3 N–H and O–H groups in total. The maximum absolute atomic E-state index is 12.3. The van der Waals surface area contributed by atoms with Crippen LogP contribution in [0.1, 0.15) is 19.4 Å². The van der Waals surface area contributed by atoms with Gasteiger partial charge in [-0.1, -0.05) is 13.8 Å². The lowest BCUT2D eigenvalue weighted by Gasteiger charge is -2.12. The van der Waals surface area contributed by atoms with Crippen molar-refractivity contribution in [3.05, 3.63) is 23.8 Å². The van der Waals surface area contributed by atoms with Crippen LogP contribution in [0.3, 0.4) is 0 Å². The zero-order chi connectivity index (χ0) is 13.2. The number of rotatable bonds is 2. The highest BCUT2D eigenvalue weighted by atomic mass is 19.4. The topological polar surface area (TPSA) is 55.1 Å². The van der Waals surface area contributed by atoms with Crippen LogP contribution in [0.25, 0.3) is 0 Å². The van der Waals surface area contributed by atoms with Gasteiger partial charge in [0.25, 0.3) is 0 Å². The van der Waals surface area contributed by atoms with Crippen LogP contribution >= 0.6 is 0 Å². The quantitative estimate of drug-likeness (QED) is 0.788. The summed E-state index contributed by atoms with van der Waals surface area (Å²) in [7, 11) is 0. The fourth-order valence-corrected chi connectivity index (χ4v) is 1.13. The van der Waals surface area contributed by atoms with Gasteiger partial charge in [-0.15, -0.1) is 0 Å². The summed E-state index contributed by atoms with van der Waals surface area (Å²) in [5.41, 5.74) is 4.70. The Morgan fingerprint density at radius 3 is 2.35 bits per heavy atom. The molecule has 1 aromatic carbocycles. The average molecular weight is 246 g/mol. The zero-order valence-corrected chi connectivity index (χ0v) is 9.43. The van der Waals surface area contributed by atoms with Gasteiger partial charge >= 0.3 is 6.18 Å². The molecule has 0 fully saturated rings. The Kier molecular flexibility index (Phi) is 3.65. The molecule has 0 atom stereocenters. The van der Waals surface area contributed by atoms with E-state index < -0.39 is 11.7 Å². The van der Waals surface area contributed by atoms with Crippen LogP contribution in [0.5, 0.6) is 0 Å². The number of hydrogen-bond donors (Lipinski definition) is 2. The number of nitrogens with one attached hydrogen (secondary N) is 1. The summed E-state index contributed by atoms with van der Waals surface area (Å²) in [4.78, 5) is 11.4. The van der Waals surface area contributed by atoms with Gasteiger partial charge in [-0.2, -0.15) is 13.2 Å². The summed E-state index contributed by atoms with van der Waals surface area (Å²) in [5.74, 6) is -0.562. The Balaban J connectivity index is 2.95. The molecular weight excluding hydrogens is 233 g/mol. The van der Waals surface area contributed by atoms with Crippen LogP contribution in [-0.2, 0) is 11.0 Å². The Bertz CT molecular complexity index is 427. The number of benzene rings is 1. The highest BCUT2D eigenvalue weighted by Gasteiger charge is 2.30. The molecule has 94 valence electrons. The number of anilines is 2. The van der Waals surface area contributed by atoms with Gasteiger partial charge in [0.1, 0.15) is 0 Å². The van der Waals surface area contributed by atoms with E-state index >= 15 is 0 Å². The molecule has 0 aliphatic rings. The van der Waals surface area contributed by atoms with E-state index in [0.717, 1.165) is 18.2 Å². The molecule has 0 saturated heterocycles.